The van der Waals surface area contributed by atoms with Crippen LogP contribution in [0.4, 0.5) is 0 Å². The number of nitrogens with zero attached hydrogens (tertiary/aromatic N) is 1. The van der Waals surface area contributed by atoms with E-state index in [4.69, 9.17) is 9.47 Å². The Labute approximate surface area is 165 Å². The zero-order valence-corrected chi connectivity index (χ0v) is 17.0. The van der Waals surface area contributed by atoms with E-state index in [0.717, 1.165) is 48.5 Å². The lowest BCUT2D eigenvalue weighted by molar-refractivity contribution is -0.129. The first-order valence-electron chi connectivity index (χ1n) is 9.75. The van der Waals surface area contributed by atoms with Gasteiger partial charge >= 0.3 is 5.97 Å². The van der Waals surface area contributed by atoms with Crippen LogP contribution in [0, 0.1) is 13.8 Å². The third kappa shape index (κ3) is 4.21. The highest BCUT2D eigenvalue weighted by Crippen LogP contribution is 2.24. The maximum atomic E-state index is 12.7. The van der Waals surface area contributed by atoms with Gasteiger partial charge in [0.1, 0.15) is 5.75 Å². The number of hydrogen-bond donors (Lipinski definition) is 1. The van der Waals surface area contributed by atoms with Crippen LogP contribution < -0.4 is 10.1 Å². The molecule has 0 unspecified atom stereocenters. The first-order valence-corrected chi connectivity index (χ1v) is 9.75. The summed E-state index contributed by atoms with van der Waals surface area (Å²) in [5.74, 6) is 0.0547. The molecule has 0 radical (unpaired) electrons. The second-order valence-electron chi connectivity index (χ2n) is 7.36. The summed E-state index contributed by atoms with van der Waals surface area (Å²) in [6, 6.07) is 9.62. The van der Waals surface area contributed by atoms with Gasteiger partial charge in [-0.15, -0.1) is 0 Å². The van der Waals surface area contributed by atoms with Crippen molar-refractivity contribution in [2.24, 2.45) is 0 Å². The van der Waals surface area contributed by atoms with Gasteiger partial charge in [0.05, 0.1) is 12.7 Å². The van der Waals surface area contributed by atoms with Crippen LogP contribution in [-0.4, -0.2) is 35.7 Å². The van der Waals surface area contributed by atoms with E-state index in [2.05, 4.69) is 5.32 Å². The van der Waals surface area contributed by atoms with E-state index in [-0.39, 0.29) is 11.9 Å². The van der Waals surface area contributed by atoms with E-state index < -0.39 is 12.1 Å². The molecule has 6 heteroatoms. The number of amides is 1. The molecule has 1 fully saturated rings. The number of nitrogens with one attached hydrogen (secondary N) is 1. The van der Waals surface area contributed by atoms with E-state index in [0.29, 0.717) is 5.56 Å². The molecule has 6 nitrogen and oxygen atoms in total. The van der Waals surface area contributed by atoms with Crippen LogP contribution in [0.15, 0.2) is 30.3 Å². The predicted octanol–water partition coefficient (Wildman–Crippen LogP) is 3.71. The number of carbonyl (C=O) groups excluding carboxylic acids is 2. The third-order valence-electron chi connectivity index (χ3n) is 5.34. The fraction of sp³-hybridized carbons (Fsp3) is 0.455. The normalized spacial score (nSPS) is 15.3. The number of carbonyl (C=O) groups is 2. The maximum absolute atomic E-state index is 12.7. The van der Waals surface area contributed by atoms with Gasteiger partial charge in [-0.25, -0.2) is 4.79 Å². The van der Waals surface area contributed by atoms with Gasteiger partial charge in [-0.2, -0.15) is 0 Å². The van der Waals surface area contributed by atoms with Gasteiger partial charge in [-0.05, 0) is 63.9 Å². The molecule has 0 spiro atoms. The third-order valence-corrected chi connectivity index (χ3v) is 5.34. The van der Waals surface area contributed by atoms with E-state index in [9.17, 15) is 9.59 Å². The average Bonchev–Trinajstić information content (AvgIpc) is 3.29. The first-order chi connectivity index (χ1) is 13.4. The smallest absolute Gasteiger partial charge is 0.340 e. The Morgan fingerprint density at radius 2 is 1.79 bits per heavy atom. The number of methoxy groups -OCH3 is 1. The monoisotopic (exact) mass is 384 g/mol. The van der Waals surface area contributed by atoms with Crippen molar-refractivity contribution < 1.29 is 19.1 Å². The van der Waals surface area contributed by atoms with E-state index >= 15 is 0 Å². The molecule has 1 amide bonds. The average molecular weight is 384 g/mol. The van der Waals surface area contributed by atoms with Crippen LogP contribution >= 0.6 is 0 Å². The predicted molar refractivity (Wildman–Crippen MR) is 107 cm³/mol. The van der Waals surface area contributed by atoms with Crippen molar-refractivity contribution in [2.75, 3.05) is 7.11 Å². The Balaban J connectivity index is 1.72. The minimum Gasteiger partial charge on any atom is -0.497 e. The number of benzene rings is 1. The number of hydrogen-bond acceptors (Lipinski definition) is 4. The van der Waals surface area contributed by atoms with Crippen LogP contribution in [0.3, 0.4) is 0 Å². The highest BCUT2D eigenvalue weighted by Gasteiger charge is 2.25. The molecule has 2 aromatic rings. The van der Waals surface area contributed by atoms with Gasteiger partial charge in [-0.1, -0.05) is 12.8 Å². The Morgan fingerprint density at radius 3 is 2.39 bits per heavy atom. The van der Waals surface area contributed by atoms with Gasteiger partial charge < -0.3 is 19.4 Å². The van der Waals surface area contributed by atoms with Gasteiger partial charge in [0.15, 0.2) is 6.10 Å². The molecule has 150 valence electrons. The van der Waals surface area contributed by atoms with Crippen molar-refractivity contribution in [3.8, 4) is 11.4 Å². The molecule has 1 aliphatic rings. The van der Waals surface area contributed by atoms with Crippen molar-refractivity contribution in [1.82, 2.24) is 9.88 Å². The fourth-order valence-electron chi connectivity index (χ4n) is 3.76. The van der Waals surface area contributed by atoms with Gasteiger partial charge in [0.25, 0.3) is 5.91 Å². The largest absolute Gasteiger partial charge is 0.497 e. The SMILES string of the molecule is COc1ccc(-n2c(C)cc(C(=O)O[C@@H](C)C(=O)NC3CCCC3)c2C)cc1. The lowest BCUT2D eigenvalue weighted by atomic mass is 10.2. The number of aromatic nitrogens is 1. The zero-order chi connectivity index (χ0) is 20.3. The molecule has 0 aliphatic heterocycles. The van der Waals surface area contributed by atoms with Gasteiger partial charge in [0.2, 0.25) is 0 Å². The molecule has 3 rings (SSSR count). The summed E-state index contributed by atoms with van der Waals surface area (Å²) < 4.78 is 12.6. The quantitative estimate of drug-likeness (QED) is 0.771. The molecule has 0 bridgehead atoms. The number of rotatable bonds is 6. The minimum atomic E-state index is -0.822. The summed E-state index contributed by atoms with van der Waals surface area (Å²) in [5.41, 5.74) is 3.09. The topological polar surface area (TPSA) is 69.6 Å². The standard InChI is InChI=1S/C22H28N2O4/c1-14-13-20(15(2)24(14)18-9-11-19(27-4)12-10-18)22(26)28-16(3)21(25)23-17-7-5-6-8-17/h9-13,16-17H,5-8H2,1-4H3,(H,23,25)/t16-/m0/s1. The number of ether oxygens (including phenoxy) is 2. The molecule has 1 atom stereocenters. The molecule has 0 saturated heterocycles. The zero-order valence-electron chi connectivity index (χ0n) is 17.0. The first kappa shape index (κ1) is 20.0. The fourth-order valence-corrected chi connectivity index (χ4v) is 3.76. The van der Waals surface area contributed by atoms with E-state index in [1.54, 1.807) is 20.1 Å². The Morgan fingerprint density at radius 1 is 1.14 bits per heavy atom. The Bertz CT molecular complexity index is 848. The highest BCUT2D eigenvalue weighted by atomic mass is 16.5. The van der Waals surface area contributed by atoms with Crippen molar-refractivity contribution in [2.45, 2.75) is 58.6 Å². The second kappa shape index (κ2) is 8.50. The summed E-state index contributed by atoms with van der Waals surface area (Å²) in [6.07, 6.45) is 3.44. The van der Waals surface area contributed by atoms with Crippen LogP contribution in [0.25, 0.3) is 5.69 Å². The Kier molecular flexibility index (Phi) is 6.07. The maximum Gasteiger partial charge on any atom is 0.340 e. The second-order valence-corrected chi connectivity index (χ2v) is 7.36. The van der Waals surface area contributed by atoms with Gasteiger partial charge in [0, 0.05) is 23.1 Å². The summed E-state index contributed by atoms with van der Waals surface area (Å²) in [7, 11) is 1.62. The van der Waals surface area contributed by atoms with Crippen molar-refractivity contribution in [3.63, 3.8) is 0 Å². The highest BCUT2D eigenvalue weighted by molar-refractivity contribution is 5.93. The van der Waals surface area contributed by atoms with Crippen molar-refractivity contribution in [3.05, 3.63) is 47.3 Å². The summed E-state index contributed by atoms with van der Waals surface area (Å²) in [5, 5.41) is 2.97. The summed E-state index contributed by atoms with van der Waals surface area (Å²) in [6.45, 7) is 5.42. The molecular weight excluding hydrogens is 356 g/mol. The molecule has 1 aromatic heterocycles. The van der Waals surface area contributed by atoms with Crippen LogP contribution in [0.5, 0.6) is 5.75 Å². The summed E-state index contributed by atoms with van der Waals surface area (Å²) in [4.78, 5) is 25.0. The molecule has 1 aliphatic carbocycles. The summed E-state index contributed by atoms with van der Waals surface area (Å²) >= 11 is 0. The van der Waals surface area contributed by atoms with Crippen molar-refractivity contribution in [1.29, 1.82) is 0 Å². The minimum absolute atomic E-state index is 0.203. The van der Waals surface area contributed by atoms with E-state index in [1.165, 1.54) is 0 Å². The molecule has 1 heterocycles. The molecule has 1 aromatic carbocycles. The van der Waals surface area contributed by atoms with Crippen molar-refractivity contribution >= 4 is 11.9 Å². The number of esters is 1. The number of aryl methyl sites for hydroxylation is 1. The van der Waals surface area contributed by atoms with Crippen LogP contribution in [-0.2, 0) is 9.53 Å². The lowest BCUT2D eigenvalue weighted by Gasteiger charge is -2.17. The lowest BCUT2D eigenvalue weighted by Crippen LogP contribution is -2.40. The van der Waals surface area contributed by atoms with Gasteiger partial charge in [-0.3, -0.25) is 4.79 Å². The molecular formula is C22H28N2O4. The van der Waals surface area contributed by atoms with Crippen LogP contribution in [0.1, 0.15) is 54.4 Å². The Hall–Kier alpha value is -2.76. The molecule has 28 heavy (non-hydrogen) atoms. The van der Waals surface area contributed by atoms with E-state index in [1.807, 2.05) is 42.7 Å². The molecule has 1 N–H and O–H groups in total. The molecule has 1 saturated carbocycles. The van der Waals surface area contributed by atoms with Crippen LogP contribution in [0.2, 0.25) is 0 Å².